The highest BCUT2D eigenvalue weighted by molar-refractivity contribution is 8.03. The molecule has 1 aliphatic rings. The second-order valence-corrected chi connectivity index (χ2v) is 6.11. The van der Waals surface area contributed by atoms with Crippen molar-refractivity contribution in [3.63, 3.8) is 0 Å². The average molecular weight is 330 g/mol. The van der Waals surface area contributed by atoms with Crippen LogP contribution in [0, 0.1) is 11.3 Å². The van der Waals surface area contributed by atoms with Crippen molar-refractivity contribution in [3.8, 4) is 6.07 Å². The van der Waals surface area contributed by atoms with E-state index in [2.05, 4.69) is 23.0 Å². The first-order chi connectivity index (χ1) is 11.1. The number of carbonyl (C=O) groups excluding carboxylic acids is 2. The van der Waals surface area contributed by atoms with Gasteiger partial charge in [-0.15, -0.1) is 0 Å². The van der Waals surface area contributed by atoms with Gasteiger partial charge in [-0.3, -0.25) is 9.59 Å². The lowest BCUT2D eigenvalue weighted by molar-refractivity contribution is -0.137. The zero-order chi connectivity index (χ0) is 16.8. The number of esters is 1. The number of allylic oxidation sites excluding steroid dienone is 1. The summed E-state index contributed by atoms with van der Waals surface area (Å²) in [5, 5.41) is 12.6. The molecule has 0 spiro atoms. The molecular formula is C17H18N2O3S. The van der Waals surface area contributed by atoms with Crippen LogP contribution in [0.15, 0.2) is 34.9 Å². The number of carbonyl (C=O) groups is 2. The minimum atomic E-state index is -0.400. The Balaban J connectivity index is 2.31. The molecule has 0 saturated heterocycles. The Bertz CT molecular complexity index is 674. The summed E-state index contributed by atoms with van der Waals surface area (Å²) in [6.45, 7) is 2.07. The SMILES string of the molecule is CCc1ccc([C@H]2CC(=O)NC(SCC(=O)OC)=C2C#N)cc1. The summed E-state index contributed by atoms with van der Waals surface area (Å²) >= 11 is 1.12. The number of methoxy groups -OCH3 is 1. The predicted octanol–water partition coefficient (Wildman–Crippen LogP) is 2.49. The minimum absolute atomic E-state index is 0.0544. The Hall–Kier alpha value is -2.26. The molecule has 0 saturated carbocycles. The summed E-state index contributed by atoms with van der Waals surface area (Å²) in [6, 6.07) is 10.1. The molecule has 2 rings (SSSR count). The van der Waals surface area contributed by atoms with Crippen LogP contribution >= 0.6 is 11.8 Å². The highest BCUT2D eigenvalue weighted by atomic mass is 32.2. The van der Waals surface area contributed by atoms with E-state index in [0.29, 0.717) is 10.6 Å². The lowest BCUT2D eigenvalue weighted by atomic mass is 9.86. The van der Waals surface area contributed by atoms with E-state index in [1.165, 1.54) is 12.7 Å². The fraction of sp³-hybridized carbons (Fsp3) is 0.353. The van der Waals surface area contributed by atoms with Crippen molar-refractivity contribution < 1.29 is 14.3 Å². The molecule has 1 N–H and O–H groups in total. The largest absolute Gasteiger partial charge is 0.468 e. The highest BCUT2D eigenvalue weighted by Crippen LogP contribution is 2.35. The third-order valence-electron chi connectivity index (χ3n) is 3.71. The van der Waals surface area contributed by atoms with Gasteiger partial charge in [-0.05, 0) is 17.5 Å². The highest BCUT2D eigenvalue weighted by Gasteiger charge is 2.29. The molecule has 0 bridgehead atoms. The van der Waals surface area contributed by atoms with Crippen molar-refractivity contribution in [2.75, 3.05) is 12.9 Å². The molecule has 120 valence electrons. The zero-order valence-corrected chi connectivity index (χ0v) is 13.9. The summed E-state index contributed by atoms with van der Waals surface area (Å²) in [5.74, 6) is -0.775. The topological polar surface area (TPSA) is 79.2 Å². The first-order valence-electron chi connectivity index (χ1n) is 7.31. The Morgan fingerprint density at radius 3 is 2.70 bits per heavy atom. The maximum Gasteiger partial charge on any atom is 0.316 e. The molecular weight excluding hydrogens is 312 g/mol. The van der Waals surface area contributed by atoms with E-state index in [1.807, 2.05) is 24.3 Å². The second kappa shape index (κ2) is 7.84. The van der Waals surface area contributed by atoms with Gasteiger partial charge in [0.2, 0.25) is 5.91 Å². The van der Waals surface area contributed by atoms with Gasteiger partial charge in [-0.25, -0.2) is 0 Å². The van der Waals surface area contributed by atoms with Gasteiger partial charge in [0.15, 0.2) is 0 Å². The molecule has 1 aromatic rings. The van der Waals surface area contributed by atoms with Crippen molar-refractivity contribution in [3.05, 3.63) is 46.0 Å². The standard InChI is InChI=1S/C17H18N2O3S/c1-3-11-4-6-12(7-5-11)13-8-15(20)19-17(14(13)9-18)23-10-16(21)22-2/h4-7,13H,3,8,10H2,1-2H3,(H,19,20)/t13-/m1/s1. The molecule has 1 aliphatic heterocycles. The van der Waals surface area contributed by atoms with E-state index in [1.54, 1.807) is 0 Å². The van der Waals surface area contributed by atoms with Gasteiger partial charge in [-0.2, -0.15) is 5.26 Å². The second-order valence-electron chi connectivity index (χ2n) is 5.12. The van der Waals surface area contributed by atoms with Gasteiger partial charge in [-0.1, -0.05) is 43.0 Å². The van der Waals surface area contributed by atoms with E-state index in [9.17, 15) is 14.9 Å². The molecule has 1 heterocycles. The first-order valence-corrected chi connectivity index (χ1v) is 8.30. The van der Waals surface area contributed by atoms with Gasteiger partial charge in [0.05, 0.1) is 29.5 Å². The van der Waals surface area contributed by atoms with Crippen LogP contribution in [0.5, 0.6) is 0 Å². The summed E-state index contributed by atoms with van der Waals surface area (Å²) in [5.41, 5.74) is 2.63. The van der Waals surface area contributed by atoms with Crippen LogP contribution in [-0.4, -0.2) is 24.7 Å². The Kier molecular flexibility index (Phi) is 5.83. The molecule has 0 unspecified atom stereocenters. The molecule has 6 heteroatoms. The molecule has 0 radical (unpaired) electrons. The average Bonchev–Trinajstić information content (AvgIpc) is 2.59. The number of nitriles is 1. The maximum absolute atomic E-state index is 12.0. The Morgan fingerprint density at radius 2 is 2.13 bits per heavy atom. The third kappa shape index (κ3) is 4.14. The van der Waals surface area contributed by atoms with E-state index < -0.39 is 5.97 Å². The van der Waals surface area contributed by atoms with Crippen LogP contribution in [0.4, 0.5) is 0 Å². The summed E-state index contributed by atoms with van der Waals surface area (Å²) in [6.07, 6.45) is 1.17. The van der Waals surface area contributed by atoms with Crippen LogP contribution in [0.2, 0.25) is 0 Å². The summed E-state index contributed by atoms with van der Waals surface area (Å²) < 4.78 is 4.60. The number of hydrogen-bond donors (Lipinski definition) is 1. The predicted molar refractivity (Wildman–Crippen MR) is 88.4 cm³/mol. The van der Waals surface area contributed by atoms with Crippen molar-refractivity contribution >= 4 is 23.6 Å². The van der Waals surface area contributed by atoms with Crippen LogP contribution in [0.1, 0.15) is 30.4 Å². The third-order valence-corrected chi connectivity index (χ3v) is 4.70. The number of ether oxygens (including phenoxy) is 1. The maximum atomic E-state index is 12.0. The van der Waals surface area contributed by atoms with Crippen molar-refractivity contribution in [1.29, 1.82) is 5.26 Å². The number of nitrogens with one attached hydrogen (secondary N) is 1. The first kappa shape index (κ1) is 17.1. The van der Waals surface area contributed by atoms with Gasteiger partial charge in [0.25, 0.3) is 0 Å². The quantitative estimate of drug-likeness (QED) is 0.839. The van der Waals surface area contributed by atoms with Gasteiger partial charge < -0.3 is 10.1 Å². The molecule has 1 atom stereocenters. The Labute approximate surface area is 139 Å². The number of thioether (sulfide) groups is 1. The number of aryl methyl sites for hydroxylation is 1. The number of rotatable bonds is 5. The molecule has 23 heavy (non-hydrogen) atoms. The Morgan fingerprint density at radius 1 is 1.43 bits per heavy atom. The van der Waals surface area contributed by atoms with E-state index >= 15 is 0 Å². The minimum Gasteiger partial charge on any atom is -0.468 e. The molecule has 0 fully saturated rings. The smallest absolute Gasteiger partial charge is 0.316 e. The number of hydrogen-bond acceptors (Lipinski definition) is 5. The van der Waals surface area contributed by atoms with Crippen LogP contribution in [0.25, 0.3) is 0 Å². The van der Waals surface area contributed by atoms with Gasteiger partial charge >= 0.3 is 5.97 Å². The number of benzene rings is 1. The molecule has 0 aromatic heterocycles. The van der Waals surface area contributed by atoms with Crippen molar-refractivity contribution in [2.45, 2.75) is 25.7 Å². The van der Waals surface area contributed by atoms with Crippen LogP contribution < -0.4 is 5.32 Å². The van der Waals surface area contributed by atoms with Gasteiger partial charge in [0, 0.05) is 12.3 Å². The van der Waals surface area contributed by atoms with Crippen LogP contribution in [-0.2, 0) is 20.7 Å². The lowest BCUT2D eigenvalue weighted by Crippen LogP contribution is -2.31. The van der Waals surface area contributed by atoms with Gasteiger partial charge in [0.1, 0.15) is 0 Å². The monoisotopic (exact) mass is 330 g/mol. The number of amides is 1. The van der Waals surface area contributed by atoms with E-state index in [4.69, 9.17) is 0 Å². The van der Waals surface area contributed by atoms with Crippen LogP contribution in [0.3, 0.4) is 0 Å². The summed E-state index contributed by atoms with van der Waals surface area (Å²) in [7, 11) is 1.31. The van der Waals surface area contributed by atoms with Crippen molar-refractivity contribution in [2.24, 2.45) is 0 Å². The fourth-order valence-corrected chi connectivity index (χ4v) is 3.30. The normalized spacial score (nSPS) is 17.4. The fourth-order valence-electron chi connectivity index (χ4n) is 2.39. The van der Waals surface area contributed by atoms with E-state index in [0.717, 1.165) is 23.7 Å². The molecule has 1 amide bonds. The molecule has 5 nitrogen and oxygen atoms in total. The summed E-state index contributed by atoms with van der Waals surface area (Å²) in [4.78, 5) is 23.3. The van der Waals surface area contributed by atoms with E-state index in [-0.39, 0.29) is 24.0 Å². The number of nitrogens with zero attached hydrogens (tertiary/aromatic N) is 1. The molecule has 1 aromatic carbocycles. The lowest BCUT2D eigenvalue weighted by Gasteiger charge is -2.25. The van der Waals surface area contributed by atoms with Crippen molar-refractivity contribution in [1.82, 2.24) is 5.32 Å². The zero-order valence-electron chi connectivity index (χ0n) is 13.1. The molecule has 0 aliphatic carbocycles.